The van der Waals surface area contributed by atoms with Crippen molar-refractivity contribution in [2.75, 3.05) is 0 Å². The van der Waals surface area contributed by atoms with Gasteiger partial charge in [0.05, 0.1) is 0 Å². The van der Waals surface area contributed by atoms with Gasteiger partial charge in [0.1, 0.15) is 0 Å². The maximum absolute atomic E-state index is 3.64. The molecule has 0 N–H and O–H groups in total. The minimum atomic E-state index is -1.22. The second kappa shape index (κ2) is 12.4. The van der Waals surface area contributed by atoms with Crippen LogP contribution in [0.15, 0.2) is 170 Å². The molecule has 0 amide bonds. The molecule has 40 heavy (non-hydrogen) atoms. The molecule has 0 saturated carbocycles. The van der Waals surface area contributed by atoms with Gasteiger partial charge in [-0.25, -0.2) is 0 Å². The lowest BCUT2D eigenvalue weighted by Crippen LogP contribution is -2.53. The van der Waals surface area contributed by atoms with Crippen molar-refractivity contribution in [1.29, 1.82) is 0 Å². The number of benzene rings is 6. The maximum atomic E-state index is 3.64. The van der Waals surface area contributed by atoms with Gasteiger partial charge < -0.3 is 0 Å². The topological polar surface area (TPSA) is 0 Å². The van der Waals surface area contributed by atoms with Crippen LogP contribution >= 0.6 is 0 Å². The summed E-state index contributed by atoms with van der Waals surface area (Å²) in [6.45, 7) is 0. The highest BCUT2D eigenvalue weighted by molar-refractivity contribution is 6.96. The average Bonchev–Trinajstić information content (AvgIpc) is 3.04. The van der Waals surface area contributed by atoms with Gasteiger partial charge in [0.15, 0.2) is 17.6 Å². The third-order valence-electron chi connectivity index (χ3n) is 6.97. The summed E-state index contributed by atoms with van der Waals surface area (Å²) in [5.74, 6) is 7.28. The van der Waals surface area contributed by atoms with Gasteiger partial charge in [-0.3, -0.25) is 0 Å². The average molecular weight is 541 g/mol. The van der Waals surface area contributed by atoms with E-state index in [1.807, 2.05) is 0 Å². The summed E-state index contributed by atoms with van der Waals surface area (Å²) < 4.78 is 0. The lowest BCUT2D eigenvalue weighted by atomic mass is 10.2. The predicted molar refractivity (Wildman–Crippen MR) is 174 cm³/mol. The molecule has 0 bridgehead atoms. The summed E-state index contributed by atoms with van der Waals surface area (Å²) >= 11 is 0. The van der Waals surface area contributed by atoms with Crippen LogP contribution in [0.4, 0.5) is 0 Å². The third kappa shape index (κ3) is 5.67. The fourth-order valence-corrected chi connectivity index (χ4v) is 10.5. The summed E-state index contributed by atoms with van der Waals surface area (Å²) in [5.41, 5.74) is 2.21. The van der Waals surface area contributed by atoms with E-state index in [0.29, 0.717) is 0 Å². The molecular formula is C38H28Si2. The molecule has 2 heteroatoms. The van der Waals surface area contributed by atoms with Crippen LogP contribution in [-0.4, -0.2) is 17.6 Å². The van der Waals surface area contributed by atoms with E-state index in [1.54, 1.807) is 0 Å². The Hall–Kier alpha value is -4.69. The van der Waals surface area contributed by atoms with Crippen molar-refractivity contribution in [1.82, 2.24) is 0 Å². The SMILES string of the molecule is C(#Cc1ccccc1[Si](c1ccccc1)c1ccccc1)c1ccccc1[Si](c1ccccc1)c1ccccc1. The van der Waals surface area contributed by atoms with Crippen molar-refractivity contribution in [2.24, 2.45) is 0 Å². The van der Waals surface area contributed by atoms with Crippen LogP contribution in [0.5, 0.6) is 0 Å². The van der Waals surface area contributed by atoms with Crippen LogP contribution in [0.1, 0.15) is 11.1 Å². The Morgan fingerprint density at radius 3 is 0.825 bits per heavy atom. The van der Waals surface area contributed by atoms with E-state index in [-0.39, 0.29) is 0 Å². The molecule has 0 aliphatic carbocycles. The monoisotopic (exact) mass is 540 g/mol. The van der Waals surface area contributed by atoms with E-state index < -0.39 is 17.6 Å². The first-order valence-electron chi connectivity index (χ1n) is 13.5. The largest absolute Gasteiger partial charge is 0.156 e. The first-order valence-corrected chi connectivity index (χ1v) is 16.5. The molecule has 6 aromatic carbocycles. The van der Waals surface area contributed by atoms with Crippen molar-refractivity contribution in [3.05, 3.63) is 181 Å². The molecule has 0 unspecified atom stereocenters. The highest BCUT2D eigenvalue weighted by Gasteiger charge is 2.23. The minimum absolute atomic E-state index is 1.10. The molecule has 188 valence electrons. The molecule has 0 heterocycles. The van der Waals surface area contributed by atoms with Crippen LogP contribution in [0.25, 0.3) is 0 Å². The molecule has 2 radical (unpaired) electrons. The lowest BCUT2D eigenvalue weighted by molar-refractivity contribution is 1.65. The summed E-state index contributed by atoms with van der Waals surface area (Å²) in [7, 11) is -2.44. The number of hydrogen-bond donors (Lipinski definition) is 0. The Bertz CT molecular complexity index is 1530. The van der Waals surface area contributed by atoms with Gasteiger partial charge in [-0.1, -0.05) is 190 Å². The fraction of sp³-hybridized carbons (Fsp3) is 0. The highest BCUT2D eigenvalue weighted by atomic mass is 28.3. The van der Waals surface area contributed by atoms with Crippen LogP contribution in [0.2, 0.25) is 0 Å². The number of hydrogen-bond acceptors (Lipinski definition) is 0. The zero-order valence-corrected chi connectivity index (χ0v) is 24.2. The second-order valence-corrected chi connectivity index (χ2v) is 14.4. The first-order chi connectivity index (χ1) is 19.9. The zero-order valence-electron chi connectivity index (χ0n) is 22.2. The van der Waals surface area contributed by atoms with Gasteiger partial charge >= 0.3 is 0 Å². The summed E-state index contributed by atoms with van der Waals surface area (Å²) in [4.78, 5) is 0. The molecule has 0 nitrogen and oxygen atoms in total. The van der Waals surface area contributed by atoms with Gasteiger partial charge in [0.2, 0.25) is 0 Å². The van der Waals surface area contributed by atoms with E-state index >= 15 is 0 Å². The van der Waals surface area contributed by atoms with E-state index in [4.69, 9.17) is 0 Å². The van der Waals surface area contributed by atoms with E-state index in [2.05, 4.69) is 182 Å². The maximum Gasteiger partial charge on any atom is 0.156 e. The van der Waals surface area contributed by atoms with Gasteiger partial charge in [-0.15, -0.1) is 0 Å². The fourth-order valence-electron chi connectivity index (χ4n) is 5.13. The molecule has 0 aliphatic rings. The van der Waals surface area contributed by atoms with Gasteiger partial charge in [-0.2, -0.15) is 0 Å². The van der Waals surface area contributed by atoms with Crippen LogP contribution in [0.3, 0.4) is 0 Å². The minimum Gasteiger partial charge on any atom is -0.0624 e. The number of rotatable bonds is 6. The van der Waals surface area contributed by atoms with Crippen LogP contribution in [-0.2, 0) is 0 Å². The molecule has 0 spiro atoms. The van der Waals surface area contributed by atoms with Crippen molar-refractivity contribution in [3.63, 3.8) is 0 Å². The molecule has 0 saturated heterocycles. The quantitative estimate of drug-likeness (QED) is 0.169. The predicted octanol–water partition coefficient (Wildman–Crippen LogP) is 4.12. The zero-order chi connectivity index (χ0) is 27.0. The Kier molecular flexibility index (Phi) is 7.96. The van der Waals surface area contributed by atoms with Crippen molar-refractivity contribution >= 4 is 48.7 Å². The van der Waals surface area contributed by atoms with Gasteiger partial charge in [0.25, 0.3) is 0 Å². The lowest BCUT2D eigenvalue weighted by Gasteiger charge is -2.19. The van der Waals surface area contributed by atoms with E-state index in [9.17, 15) is 0 Å². The van der Waals surface area contributed by atoms with Crippen LogP contribution < -0.4 is 31.1 Å². The molecule has 6 aromatic rings. The summed E-state index contributed by atoms with van der Waals surface area (Å²) in [6, 6.07) is 61.0. The Morgan fingerprint density at radius 1 is 0.275 bits per heavy atom. The standard InChI is InChI=1S/C38H28Si2/c1-5-19-33(20-6-1)39(34-21-7-2-8-22-34)37-27-15-13-17-31(37)29-30-32-18-14-16-28-38(32)40(35-23-9-3-10-24-35)36-25-11-4-12-26-36/h1-28H. The Morgan fingerprint density at radius 2 is 0.525 bits per heavy atom. The Balaban J connectivity index is 1.47. The van der Waals surface area contributed by atoms with Crippen molar-refractivity contribution in [3.8, 4) is 11.8 Å². The Labute approximate surface area is 240 Å². The summed E-state index contributed by atoms with van der Waals surface area (Å²) in [6.07, 6.45) is 0. The molecule has 0 atom stereocenters. The molecule has 0 fully saturated rings. The molecule has 0 aliphatic heterocycles. The van der Waals surface area contributed by atoms with Crippen molar-refractivity contribution < 1.29 is 0 Å². The summed E-state index contributed by atoms with van der Waals surface area (Å²) in [5, 5.41) is 8.12. The first kappa shape index (κ1) is 25.6. The van der Waals surface area contributed by atoms with E-state index in [0.717, 1.165) is 11.1 Å². The molecule has 0 aromatic heterocycles. The smallest absolute Gasteiger partial charge is 0.0624 e. The van der Waals surface area contributed by atoms with Crippen molar-refractivity contribution in [2.45, 2.75) is 0 Å². The van der Waals surface area contributed by atoms with Crippen LogP contribution in [0, 0.1) is 11.8 Å². The third-order valence-corrected chi connectivity index (χ3v) is 12.6. The van der Waals surface area contributed by atoms with Gasteiger partial charge in [-0.05, 0) is 22.5 Å². The van der Waals surface area contributed by atoms with Gasteiger partial charge in [0, 0.05) is 11.1 Å². The highest BCUT2D eigenvalue weighted by Crippen LogP contribution is 2.04. The van der Waals surface area contributed by atoms with E-state index in [1.165, 1.54) is 31.1 Å². The molecule has 6 rings (SSSR count). The second-order valence-electron chi connectivity index (χ2n) is 9.56. The molecular weight excluding hydrogens is 513 g/mol. The normalized spacial score (nSPS) is 10.8.